The highest BCUT2D eigenvalue weighted by Crippen LogP contribution is 2.36. The van der Waals surface area contributed by atoms with E-state index in [4.69, 9.17) is 4.74 Å². The topological polar surface area (TPSA) is 91.9 Å². The highest BCUT2D eigenvalue weighted by molar-refractivity contribution is 7.03. The Kier molecular flexibility index (Phi) is 4.80. The third kappa shape index (κ3) is 4.22. The van der Waals surface area contributed by atoms with Crippen molar-refractivity contribution in [1.82, 2.24) is 19.9 Å². The first-order valence-electron chi connectivity index (χ1n) is 7.80. The highest BCUT2D eigenvalue weighted by atomic mass is 32.1. The Labute approximate surface area is 139 Å². The Morgan fingerprint density at radius 3 is 3.04 bits per heavy atom. The first-order chi connectivity index (χ1) is 11.1. The summed E-state index contributed by atoms with van der Waals surface area (Å²) in [4.78, 5) is 11.7. The molecule has 0 aromatic carbocycles. The molecule has 2 atom stereocenters. The molecule has 2 unspecified atom stereocenters. The molecule has 0 spiro atoms. The number of ether oxygens (including phenoxy) is 1. The molecule has 3 rings (SSSR count). The first kappa shape index (κ1) is 15.8. The maximum Gasteiger partial charge on any atom is 0.407 e. The molecule has 124 valence electrons. The summed E-state index contributed by atoms with van der Waals surface area (Å²) in [6.07, 6.45) is 2.32. The normalized spacial score (nSPS) is 20.7. The molecular formula is C15H21N5O2S. The smallest absolute Gasteiger partial charge is 0.407 e. The summed E-state index contributed by atoms with van der Waals surface area (Å²) in [5, 5.41) is 15.2. The van der Waals surface area contributed by atoms with Crippen molar-refractivity contribution < 1.29 is 9.53 Å². The van der Waals surface area contributed by atoms with E-state index in [1.54, 1.807) is 0 Å². The zero-order valence-electron chi connectivity index (χ0n) is 13.2. The zero-order chi connectivity index (χ0) is 16.2. The van der Waals surface area contributed by atoms with Gasteiger partial charge in [-0.3, -0.25) is 5.10 Å². The number of nitrogens with zero attached hydrogens (tertiary/aromatic N) is 2. The molecule has 8 heteroatoms. The van der Waals surface area contributed by atoms with Crippen molar-refractivity contribution in [3.05, 3.63) is 23.2 Å². The van der Waals surface area contributed by atoms with Crippen LogP contribution in [-0.4, -0.2) is 32.8 Å². The number of carbonyl (C=O) groups excluding carboxylic acids is 1. The van der Waals surface area contributed by atoms with Crippen LogP contribution in [0.25, 0.3) is 0 Å². The molecule has 0 aliphatic heterocycles. The number of anilines is 2. The molecular weight excluding hydrogens is 314 g/mol. The predicted molar refractivity (Wildman–Crippen MR) is 89.1 cm³/mol. The summed E-state index contributed by atoms with van der Waals surface area (Å²) in [7, 11) is 0. The van der Waals surface area contributed by atoms with Gasteiger partial charge in [0.15, 0.2) is 5.82 Å². The summed E-state index contributed by atoms with van der Waals surface area (Å²) >= 11 is 1.40. The van der Waals surface area contributed by atoms with E-state index in [0.717, 1.165) is 36.6 Å². The molecule has 2 heterocycles. The van der Waals surface area contributed by atoms with Crippen LogP contribution >= 0.6 is 11.5 Å². The van der Waals surface area contributed by atoms with E-state index in [1.165, 1.54) is 11.5 Å². The number of carbonyl (C=O) groups is 1. The van der Waals surface area contributed by atoms with Crippen molar-refractivity contribution in [2.75, 3.05) is 5.32 Å². The minimum Gasteiger partial charge on any atom is -0.446 e. The SMILES string of the molecule is CC(C)NC(=O)OC1CCC(c2cc(Nc3ccsn3)n[nH]2)C1. The van der Waals surface area contributed by atoms with Crippen LogP contribution in [0.5, 0.6) is 0 Å². The summed E-state index contributed by atoms with van der Waals surface area (Å²) in [6, 6.07) is 4.00. The molecule has 2 aromatic heterocycles. The molecule has 1 amide bonds. The van der Waals surface area contributed by atoms with E-state index < -0.39 is 0 Å². The largest absolute Gasteiger partial charge is 0.446 e. The summed E-state index contributed by atoms with van der Waals surface area (Å²) in [6.45, 7) is 3.83. The van der Waals surface area contributed by atoms with Gasteiger partial charge in [-0.1, -0.05) is 0 Å². The van der Waals surface area contributed by atoms with E-state index in [9.17, 15) is 4.79 Å². The maximum atomic E-state index is 11.7. The second kappa shape index (κ2) is 6.99. The Bertz CT molecular complexity index is 640. The highest BCUT2D eigenvalue weighted by Gasteiger charge is 2.30. The van der Waals surface area contributed by atoms with Gasteiger partial charge in [0.05, 0.1) is 0 Å². The van der Waals surface area contributed by atoms with Gasteiger partial charge in [0, 0.05) is 29.1 Å². The fourth-order valence-corrected chi connectivity index (χ4v) is 3.24. The lowest BCUT2D eigenvalue weighted by Crippen LogP contribution is -2.33. The van der Waals surface area contributed by atoms with Gasteiger partial charge in [-0.25, -0.2) is 4.79 Å². The molecule has 1 aliphatic carbocycles. The molecule has 1 saturated carbocycles. The van der Waals surface area contributed by atoms with Crippen LogP contribution in [0.15, 0.2) is 17.5 Å². The Morgan fingerprint density at radius 1 is 1.43 bits per heavy atom. The molecule has 3 N–H and O–H groups in total. The van der Waals surface area contributed by atoms with Gasteiger partial charge >= 0.3 is 6.09 Å². The van der Waals surface area contributed by atoms with Gasteiger partial charge < -0.3 is 15.4 Å². The zero-order valence-corrected chi connectivity index (χ0v) is 14.0. The van der Waals surface area contributed by atoms with Crippen molar-refractivity contribution in [3.8, 4) is 0 Å². The fourth-order valence-electron chi connectivity index (χ4n) is 2.77. The van der Waals surface area contributed by atoms with Crippen LogP contribution in [0.1, 0.15) is 44.7 Å². The minimum absolute atomic E-state index is 0.0306. The summed E-state index contributed by atoms with van der Waals surface area (Å²) in [5.74, 6) is 1.89. The average Bonchev–Trinajstić information content (AvgIpc) is 3.19. The monoisotopic (exact) mass is 335 g/mol. The van der Waals surface area contributed by atoms with Gasteiger partial charge in [-0.15, -0.1) is 0 Å². The van der Waals surface area contributed by atoms with Gasteiger partial charge in [0.25, 0.3) is 0 Å². The predicted octanol–water partition coefficient (Wildman–Crippen LogP) is 3.38. The van der Waals surface area contributed by atoms with Crippen LogP contribution in [0.4, 0.5) is 16.4 Å². The minimum atomic E-state index is -0.332. The molecule has 23 heavy (non-hydrogen) atoms. The quantitative estimate of drug-likeness (QED) is 0.779. The van der Waals surface area contributed by atoms with Gasteiger partial charge in [0.2, 0.25) is 0 Å². The molecule has 1 fully saturated rings. The van der Waals surface area contributed by atoms with E-state index in [1.807, 2.05) is 31.4 Å². The summed E-state index contributed by atoms with van der Waals surface area (Å²) < 4.78 is 9.66. The van der Waals surface area contributed by atoms with E-state index in [-0.39, 0.29) is 18.2 Å². The number of H-pyrrole nitrogens is 1. The van der Waals surface area contributed by atoms with Crippen molar-refractivity contribution in [1.29, 1.82) is 0 Å². The number of rotatable bonds is 5. The van der Waals surface area contributed by atoms with E-state index in [2.05, 4.69) is 25.2 Å². The van der Waals surface area contributed by atoms with Crippen LogP contribution < -0.4 is 10.6 Å². The lowest BCUT2D eigenvalue weighted by Gasteiger charge is -2.14. The average molecular weight is 335 g/mol. The number of amides is 1. The number of alkyl carbamates (subject to hydrolysis) is 1. The fraction of sp³-hybridized carbons (Fsp3) is 0.533. The van der Waals surface area contributed by atoms with Crippen LogP contribution in [0.2, 0.25) is 0 Å². The van der Waals surface area contributed by atoms with Crippen LogP contribution in [-0.2, 0) is 4.74 Å². The molecule has 1 aliphatic rings. The molecule has 0 saturated heterocycles. The number of aromatic nitrogens is 3. The standard InChI is InChI=1S/C15H21N5O2S/c1-9(2)16-15(21)22-11-4-3-10(7-11)12-8-14(19-18-12)17-13-5-6-23-20-13/h5-6,8-11H,3-4,7H2,1-2H3,(H,16,21)(H2,17,18,19,20). The van der Waals surface area contributed by atoms with Crippen molar-refractivity contribution >= 4 is 29.3 Å². The number of hydrogen-bond donors (Lipinski definition) is 3. The maximum absolute atomic E-state index is 11.7. The molecule has 0 bridgehead atoms. The van der Waals surface area contributed by atoms with Crippen molar-refractivity contribution in [2.45, 2.75) is 51.2 Å². The molecule has 0 radical (unpaired) electrons. The Hall–Kier alpha value is -2.09. The van der Waals surface area contributed by atoms with Crippen LogP contribution in [0, 0.1) is 0 Å². The first-order valence-corrected chi connectivity index (χ1v) is 8.63. The second-order valence-corrected chi connectivity index (χ2v) is 6.72. The lowest BCUT2D eigenvalue weighted by molar-refractivity contribution is 0.0981. The van der Waals surface area contributed by atoms with E-state index >= 15 is 0 Å². The van der Waals surface area contributed by atoms with Gasteiger partial charge in [0.1, 0.15) is 11.9 Å². The lowest BCUT2D eigenvalue weighted by atomic mass is 10.0. The second-order valence-electron chi connectivity index (χ2n) is 6.05. The third-order valence-electron chi connectivity index (χ3n) is 3.80. The van der Waals surface area contributed by atoms with Gasteiger partial charge in [-0.05, 0) is 50.7 Å². The number of hydrogen-bond acceptors (Lipinski definition) is 6. The third-order valence-corrected chi connectivity index (χ3v) is 4.36. The number of nitrogens with one attached hydrogen (secondary N) is 3. The Morgan fingerprint density at radius 2 is 2.30 bits per heavy atom. The Balaban J connectivity index is 1.53. The molecule has 2 aromatic rings. The number of aromatic amines is 1. The van der Waals surface area contributed by atoms with Crippen molar-refractivity contribution in [3.63, 3.8) is 0 Å². The van der Waals surface area contributed by atoms with E-state index in [0.29, 0.717) is 5.92 Å². The van der Waals surface area contributed by atoms with Gasteiger partial charge in [-0.2, -0.15) is 9.47 Å². The molecule has 7 nitrogen and oxygen atoms in total. The summed E-state index contributed by atoms with van der Waals surface area (Å²) in [5.41, 5.74) is 1.07. The van der Waals surface area contributed by atoms with Crippen LogP contribution in [0.3, 0.4) is 0 Å². The van der Waals surface area contributed by atoms with Crippen molar-refractivity contribution in [2.24, 2.45) is 0 Å².